The third kappa shape index (κ3) is 7.96. The zero-order valence-corrected chi connectivity index (χ0v) is 20.6. The molecular weight excluding hydrogens is 501 g/mol. The number of hydrogen-bond acceptors (Lipinski definition) is 5. The molecular formula is C24H21Cl2NO4S2. The number of benzene rings is 2. The molecule has 172 valence electrons. The highest BCUT2D eigenvalue weighted by atomic mass is 35.5. The van der Waals surface area contributed by atoms with E-state index in [9.17, 15) is 9.59 Å². The molecule has 33 heavy (non-hydrogen) atoms. The number of carboxylic acid groups (broad SMARTS) is 2. The number of rotatable bonds is 11. The first kappa shape index (κ1) is 25.4. The highest BCUT2D eigenvalue weighted by Gasteiger charge is 2.14. The SMILES string of the molecule is O=C(O)CCSC(SCCC(=O)O)c1cccc(C=Cc2ccc3cc(Cl)c(Cl)cc3n2)c1. The second kappa shape index (κ2) is 12.3. The third-order valence-corrected chi connectivity index (χ3v) is 8.12. The first-order chi connectivity index (χ1) is 15.8. The van der Waals surface area contributed by atoms with Crippen LogP contribution in [0, 0.1) is 0 Å². The molecule has 2 N–H and O–H groups in total. The Kier molecular flexibility index (Phi) is 9.50. The van der Waals surface area contributed by atoms with Gasteiger partial charge in [-0.2, -0.15) is 0 Å². The fraction of sp³-hybridized carbons (Fsp3) is 0.208. The van der Waals surface area contributed by atoms with Crippen LogP contribution in [0.1, 0.15) is 34.2 Å². The van der Waals surface area contributed by atoms with Crippen LogP contribution in [0.3, 0.4) is 0 Å². The summed E-state index contributed by atoms with van der Waals surface area (Å²) in [5.41, 5.74) is 3.50. The average Bonchev–Trinajstić information content (AvgIpc) is 2.77. The summed E-state index contributed by atoms with van der Waals surface area (Å²) in [5.74, 6) is -0.790. The number of halogens is 2. The van der Waals surface area contributed by atoms with Crippen LogP contribution in [0.15, 0.2) is 48.5 Å². The lowest BCUT2D eigenvalue weighted by Gasteiger charge is -2.16. The number of carboxylic acids is 2. The molecule has 0 saturated heterocycles. The van der Waals surface area contributed by atoms with Crippen LogP contribution >= 0.6 is 46.7 Å². The molecule has 0 saturated carbocycles. The van der Waals surface area contributed by atoms with Crippen molar-refractivity contribution in [2.24, 2.45) is 0 Å². The molecule has 1 aromatic heterocycles. The minimum absolute atomic E-state index is 0.0530. The Morgan fingerprint density at radius 1 is 0.909 bits per heavy atom. The predicted molar refractivity (Wildman–Crippen MR) is 139 cm³/mol. The maximum atomic E-state index is 10.9. The van der Waals surface area contributed by atoms with Crippen LogP contribution in [0.25, 0.3) is 23.1 Å². The maximum Gasteiger partial charge on any atom is 0.304 e. The van der Waals surface area contributed by atoms with Crippen molar-refractivity contribution in [2.75, 3.05) is 11.5 Å². The van der Waals surface area contributed by atoms with E-state index in [-0.39, 0.29) is 17.4 Å². The molecule has 0 aliphatic carbocycles. The van der Waals surface area contributed by atoms with E-state index in [2.05, 4.69) is 4.98 Å². The van der Waals surface area contributed by atoms with Crippen LogP contribution in [0.4, 0.5) is 0 Å². The highest BCUT2D eigenvalue weighted by Crippen LogP contribution is 2.40. The second-order valence-electron chi connectivity index (χ2n) is 7.06. The Morgan fingerprint density at radius 3 is 2.24 bits per heavy atom. The topological polar surface area (TPSA) is 87.5 Å². The molecule has 3 aromatic rings. The molecule has 5 nitrogen and oxygen atoms in total. The van der Waals surface area contributed by atoms with Crippen molar-refractivity contribution >= 4 is 81.7 Å². The van der Waals surface area contributed by atoms with E-state index >= 15 is 0 Å². The monoisotopic (exact) mass is 521 g/mol. The lowest BCUT2D eigenvalue weighted by atomic mass is 10.1. The van der Waals surface area contributed by atoms with Crippen LogP contribution in [0.2, 0.25) is 10.0 Å². The van der Waals surface area contributed by atoms with E-state index in [0.717, 1.165) is 27.7 Å². The minimum Gasteiger partial charge on any atom is -0.481 e. The van der Waals surface area contributed by atoms with Gasteiger partial charge < -0.3 is 10.2 Å². The van der Waals surface area contributed by atoms with Crippen molar-refractivity contribution in [3.63, 3.8) is 0 Å². The van der Waals surface area contributed by atoms with Crippen LogP contribution in [-0.4, -0.2) is 38.6 Å². The molecule has 9 heteroatoms. The van der Waals surface area contributed by atoms with Gasteiger partial charge in [0.05, 0.1) is 38.7 Å². The standard InChI is InChI=1S/C24H21Cl2NO4S2/c25-19-13-16-5-7-18(27-21(16)14-20(19)26)6-4-15-2-1-3-17(12-15)24(32-10-8-22(28)29)33-11-9-23(30)31/h1-7,12-14,24H,8-11H2,(H,28,29)(H,30,31). The van der Waals surface area contributed by atoms with Crippen molar-refractivity contribution in [3.8, 4) is 0 Å². The number of hydrogen-bond donors (Lipinski definition) is 2. The van der Waals surface area contributed by atoms with E-state index in [1.54, 1.807) is 12.1 Å². The maximum absolute atomic E-state index is 10.9. The van der Waals surface area contributed by atoms with E-state index in [0.29, 0.717) is 21.6 Å². The highest BCUT2D eigenvalue weighted by molar-refractivity contribution is 8.16. The zero-order valence-electron chi connectivity index (χ0n) is 17.4. The average molecular weight is 522 g/mol. The summed E-state index contributed by atoms with van der Waals surface area (Å²) in [6.45, 7) is 0. The van der Waals surface area contributed by atoms with E-state index < -0.39 is 11.9 Å². The molecule has 0 radical (unpaired) electrons. The summed E-state index contributed by atoms with van der Waals surface area (Å²) in [6, 6.07) is 15.3. The molecule has 0 unspecified atom stereocenters. The number of nitrogens with zero attached hydrogens (tertiary/aromatic N) is 1. The Labute approximate surface area is 210 Å². The summed E-state index contributed by atoms with van der Waals surface area (Å²) in [6.07, 6.45) is 3.98. The fourth-order valence-corrected chi connectivity index (χ4v) is 5.95. The van der Waals surface area contributed by atoms with Crippen molar-refractivity contribution in [1.29, 1.82) is 0 Å². The summed E-state index contributed by atoms with van der Waals surface area (Å²) in [7, 11) is 0. The number of pyridine rings is 1. The first-order valence-electron chi connectivity index (χ1n) is 10.0. The smallest absolute Gasteiger partial charge is 0.304 e. The molecule has 0 aliphatic rings. The van der Waals surface area contributed by atoms with Gasteiger partial charge >= 0.3 is 11.9 Å². The molecule has 0 bridgehead atoms. The number of fused-ring (bicyclic) bond motifs is 1. The van der Waals surface area contributed by atoms with Crippen molar-refractivity contribution in [1.82, 2.24) is 4.98 Å². The Morgan fingerprint density at radius 2 is 1.58 bits per heavy atom. The Bertz CT molecular complexity index is 1170. The minimum atomic E-state index is -0.847. The number of aliphatic carboxylic acids is 2. The Balaban J connectivity index is 1.77. The van der Waals surface area contributed by atoms with Gasteiger partial charge in [-0.15, -0.1) is 23.5 Å². The zero-order chi connectivity index (χ0) is 23.8. The van der Waals surface area contributed by atoms with Gasteiger partial charge in [0.15, 0.2) is 0 Å². The molecule has 0 aliphatic heterocycles. The van der Waals surface area contributed by atoms with Gasteiger partial charge in [0, 0.05) is 16.9 Å². The summed E-state index contributed by atoms with van der Waals surface area (Å²) >= 11 is 15.2. The first-order valence-corrected chi connectivity index (χ1v) is 12.9. The molecule has 1 heterocycles. The van der Waals surface area contributed by atoms with Crippen LogP contribution < -0.4 is 0 Å². The molecule has 0 spiro atoms. The van der Waals surface area contributed by atoms with Crippen molar-refractivity contribution < 1.29 is 19.8 Å². The molecule has 0 amide bonds. The van der Waals surface area contributed by atoms with Gasteiger partial charge in [-0.3, -0.25) is 9.59 Å². The summed E-state index contributed by atoms with van der Waals surface area (Å²) < 4.78 is -0.0530. The molecule has 2 aromatic carbocycles. The molecule has 0 fully saturated rings. The van der Waals surface area contributed by atoms with E-state index in [4.69, 9.17) is 33.4 Å². The third-order valence-electron chi connectivity index (χ3n) is 4.55. The molecule has 0 atom stereocenters. The van der Waals surface area contributed by atoms with Gasteiger partial charge in [-0.1, -0.05) is 53.5 Å². The number of carbonyl (C=O) groups is 2. The number of thioether (sulfide) groups is 2. The quantitative estimate of drug-likeness (QED) is 0.259. The second-order valence-corrected chi connectivity index (χ2v) is 10.6. The van der Waals surface area contributed by atoms with E-state index in [1.165, 1.54) is 23.5 Å². The van der Waals surface area contributed by atoms with Gasteiger partial charge in [-0.25, -0.2) is 4.98 Å². The summed E-state index contributed by atoms with van der Waals surface area (Å²) in [4.78, 5) is 26.4. The lowest BCUT2D eigenvalue weighted by Crippen LogP contribution is -2.01. The number of aromatic nitrogens is 1. The van der Waals surface area contributed by atoms with Crippen LogP contribution in [0.5, 0.6) is 0 Å². The lowest BCUT2D eigenvalue weighted by molar-refractivity contribution is -0.137. The predicted octanol–water partition coefficient (Wildman–Crippen LogP) is 7.13. The largest absolute Gasteiger partial charge is 0.481 e. The van der Waals surface area contributed by atoms with Crippen molar-refractivity contribution in [3.05, 3.63) is 75.4 Å². The van der Waals surface area contributed by atoms with E-state index in [1.807, 2.05) is 48.6 Å². The fourth-order valence-electron chi connectivity index (χ4n) is 2.96. The molecule has 3 rings (SSSR count). The van der Waals surface area contributed by atoms with Crippen molar-refractivity contribution in [2.45, 2.75) is 17.4 Å². The van der Waals surface area contributed by atoms with Gasteiger partial charge in [-0.05, 0) is 41.5 Å². The van der Waals surface area contributed by atoms with Gasteiger partial charge in [0.2, 0.25) is 0 Å². The summed E-state index contributed by atoms with van der Waals surface area (Å²) in [5, 5.41) is 19.7. The van der Waals surface area contributed by atoms with Gasteiger partial charge in [0.1, 0.15) is 0 Å². The normalized spacial score (nSPS) is 11.5. The van der Waals surface area contributed by atoms with Gasteiger partial charge in [0.25, 0.3) is 0 Å². The van der Waals surface area contributed by atoms with Crippen LogP contribution in [-0.2, 0) is 9.59 Å². The Hall–Kier alpha value is -2.19.